The number of rotatable bonds is 1. The van der Waals surface area contributed by atoms with Gasteiger partial charge in [-0.3, -0.25) is 4.79 Å². The van der Waals surface area contributed by atoms with E-state index in [-0.39, 0.29) is 5.92 Å². The summed E-state index contributed by atoms with van der Waals surface area (Å²) in [6.45, 7) is 5.47. The number of hydrogen-bond donors (Lipinski definition) is 0. The molecular weight excluding hydrogens is 202 g/mol. The molecule has 0 N–H and O–H groups in total. The van der Waals surface area contributed by atoms with Crippen molar-refractivity contribution in [3.05, 3.63) is 12.2 Å². The van der Waals surface area contributed by atoms with E-state index >= 15 is 0 Å². The topological polar surface area (TPSA) is 29.5 Å². The van der Waals surface area contributed by atoms with E-state index in [2.05, 4.69) is 11.5 Å². The Bertz CT molecular complexity index is 304. The third-order valence-electron chi connectivity index (χ3n) is 4.20. The molecule has 0 aliphatic carbocycles. The van der Waals surface area contributed by atoms with Crippen LogP contribution in [0.4, 0.5) is 0 Å². The Hall–Kier alpha value is -0.830. The molecular formula is C13H19NO2. The van der Waals surface area contributed by atoms with Crippen molar-refractivity contribution < 1.29 is 9.53 Å². The molecule has 3 heterocycles. The summed E-state index contributed by atoms with van der Waals surface area (Å²) in [5.74, 6) is 0.479. The first-order chi connectivity index (χ1) is 7.75. The summed E-state index contributed by atoms with van der Waals surface area (Å²) in [5, 5.41) is 0. The zero-order valence-corrected chi connectivity index (χ0v) is 9.65. The molecule has 3 heteroatoms. The minimum absolute atomic E-state index is 0.134. The lowest BCUT2D eigenvalue weighted by atomic mass is 9.96. The maximum atomic E-state index is 12.4. The molecule has 0 radical (unpaired) electrons. The van der Waals surface area contributed by atoms with Gasteiger partial charge in [0.05, 0.1) is 12.5 Å². The smallest absolute Gasteiger partial charge is 0.228 e. The Morgan fingerprint density at radius 1 is 1.25 bits per heavy atom. The second-order valence-corrected chi connectivity index (χ2v) is 5.35. The van der Waals surface area contributed by atoms with E-state index in [0.717, 1.165) is 25.9 Å². The van der Waals surface area contributed by atoms with Gasteiger partial charge in [-0.25, -0.2) is 0 Å². The minimum Gasteiger partial charge on any atom is -0.381 e. The van der Waals surface area contributed by atoms with E-state index in [1.165, 1.54) is 18.4 Å². The van der Waals surface area contributed by atoms with Gasteiger partial charge in [0.25, 0.3) is 0 Å². The minimum atomic E-state index is 0.134. The number of nitrogens with zero attached hydrogens (tertiary/aromatic N) is 1. The van der Waals surface area contributed by atoms with Gasteiger partial charge in [0, 0.05) is 18.7 Å². The van der Waals surface area contributed by atoms with Crippen molar-refractivity contribution >= 4 is 5.91 Å². The second-order valence-electron chi connectivity index (χ2n) is 5.35. The quantitative estimate of drug-likeness (QED) is 0.631. The zero-order valence-electron chi connectivity index (χ0n) is 9.65. The third kappa shape index (κ3) is 1.58. The molecule has 3 aliphatic rings. The Labute approximate surface area is 96.4 Å². The molecule has 3 unspecified atom stereocenters. The summed E-state index contributed by atoms with van der Waals surface area (Å²) in [4.78, 5) is 14.5. The van der Waals surface area contributed by atoms with Crippen LogP contribution in [0.15, 0.2) is 12.2 Å². The second kappa shape index (κ2) is 3.88. The normalized spacial score (nSPS) is 38.1. The van der Waals surface area contributed by atoms with Crippen LogP contribution in [0.1, 0.15) is 32.1 Å². The van der Waals surface area contributed by atoms with Gasteiger partial charge in [0.2, 0.25) is 5.91 Å². The van der Waals surface area contributed by atoms with Crippen molar-refractivity contribution in [2.75, 3.05) is 13.2 Å². The van der Waals surface area contributed by atoms with Crippen LogP contribution in [0.3, 0.4) is 0 Å². The Morgan fingerprint density at radius 3 is 2.50 bits per heavy atom. The van der Waals surface area contributed by atoms with Crippen LogP contribution in [0.5, 0.6) is 0 Å². The summed E-state index contributed by atoms with van der Waals surface area (Å²) in [7, 11) is 0. The fourth-order valence-corrected chi connectivity index (χ4v) is 3.41. The lowest BCUT2D eigenvalue weighted by Crippen LogP contribution is -2.47. The van der Waals surface area contributed by atoms with Gasteiger partial charge in [0.1, 0.15) is 0 Å². The summed E-state index contributed by atoms with van der Waals surface area (Å²) < 4.78 is 5.32. The first kappa shape index (κ1) is 10.3. The van der Waals surface area contributed by atoms with E-state index in [9.17, 15) is 4.79 Å². The summed E-state index contributed by atoms with van der Waals surface area (Å²) >= 11 is 0. The largest absolute Gasteiger partial charge is 0.381 e. The first-order valence-corrected chi connectivity index (χ1v) is 6.32. The predicted molar refractivity (Wildman–Crippen MR) is 61.0 cm³/mol. The third-order valence-corrected chi connectivity index (χ3v) is 4.20. The monoisotopic (exact) mass is 221 g/mol. The molecule has 3 nitrogen and oxygen atoms in total. The molecule has 3 rings (SSSR count). The number of carbonyl (C=O) groups is 1. The fourth-order valence-electron chi connectivity index (χ4n) is 3.41. The molecule has 3 fully saturated rings. The number of piperidine rings is 1. The van der Waals surface area contributed by atoms with Gasteiger partial charge in [-0.1, -0.05) is 12.2 Å². The molecule has 2 bridgehead atoms. The molecule has 3 saturated heterocycles. The van der Waals surface area contributed by atoms with Crippen molar-refractivity contribution in [1.29, 1.82) is 0 Å². The maximum Gasteiger partial charge on any atom is 0.228 e. The average molecular weight is 221 g/mol. The maximum absolute atomic E-state index is 12.4. The van der Waals surface area contributed by atoms with Gasteiger partial charge in [-0.2, -0.15) is 0 Å². The Kier molecular flexibility index (Phi) is 2.51. The van der Waals surface area contributed by atoms with Crippen LogP contribution in [0.25, 0.3) is 0 Å². The first-order valence-electron chi connectivity index (χ1n) is 6.32. The highest BCUT2D eigenvalue weighted by molar-refractivity contribution is 5.80. The standard InChI is InChI=1S/C13H19NO2/c1-9-6-11-2-3-12(7-9)14(11)13(15)10-4-5-16-8-10/h10-12H,1-8H2. The van der Waals surface area contributed by atoms with Crippen molar-refractivity contribution in [1.82, 2.24) is 4.90 Å². The molecule has 0 aromatic carbocycles. The molecule has 0 saturated carbocycles. The highest BCUT2D eigenvalue weighted by Gasteiger charge is 2.43. The van der Waals surface area contributed by atoms with Gasteiger partial charge >= 0.3 is 0 Å². The molecule has 3 aliphatic heterocycles. The molecule has 16 heavy (non-hydrogen) atoms. The number of amides is 1. The number of fused-ring (bicyclic) bond motifs is 2. The van der Waals surface area contributed by atoms with Crippen molar-refractivity contribution in [2.24, 2.45) is 5.92 Å². The SMILES string of the molecule is C=C1CC2CCC(C1)N2C(=O)C1CCOC1. The molecule has 0 spiro atoms. The lowest BCUT2D eigenvalue weighted by molar-refractivity contribution is -0.139. The number of carbonyl (C=O) groups excluding carboxylic acids is 1. The number of hydrogen-bond acceptors (Lipinski definition) is 2. The average Bonchev–Trinajstić information content (AvgIpc) is 2.85. The van der Waals surface area contributed by atoms with Crippen molar-refractivity contribution in [2.45, 2.75) is 44.2 Å². The molecule has 0 aromatic heterocycles. The van der Waals surface area contributed by atoms with Crippen LogP contribution in [0.2, 0.25) is 0 Å². The Balaban J connectivity index is 1.75. The van der Waals surface area contributed by atoms with Crippen LogP contribution in [0, 0.1) is 5.92 Å². The molecule has 0 aromatic rings. The Morgan fingerprint density at radius 2 is 1.94 bits per heavy atom. The zero-order chi connectivity index (χ0) is 11.1. The van der Waals surface area contributed by atoms with Crippen LogP contribution >= 0.6 is 0 Å². The van der Waals surface area contributed by atoms with Gasteiger partial charge in [0.15, 0.2) is 0 Å². The lowest BCUT2D eigenvalue weighted by Gasteiger charge is -2.37. The highest BCUT2D eigenvalue weighted by Crippen LogP contribution is 2.39. The summed E-state index contributed by atoms with van der Waals surface area (Å²) in [6, 6.07) is 0.888. The fraction of sp³-hybridized carbons (Fsp3) is 0.769. The summed E-state index contributed by atoms with van der Waals surface area (Å²) in [5.41, 5.74) is 1.33. The molecule has 1 amide bonds. The van der Waals surface area contributed by atoms with Crippen LogP contribution in [-0.4, -0.2) is 36.1 Å². The molecule has 88 valence electrons. The van der Waals surface area contributed by atoms with Crippen molar-refractivity contribution in [3.63, 3.8) is 0 Å². The predicted octanol–water partition coefficient (Wildman–Crippen LogP) is 1.73. The van der Waals surface area contributed by atoms with Crippen LogP contribution in [-0.2, 0) is 9.53 Å². The van der Waals surface area contributed by atoms with Crippen LogP contribution < -0.4 is 0 Å². The van der Waals surface area contributed by atoms with E-state index < -0.39 is 0 Å². The number of ether oxygens (including phenoxy) is 1. The van der Waals surface area contributed by atoms with E-state index in [1.54, 1.807) is 0 Å². The molecule has 3 atom stereocenters. The van der Waals surface area contributed by atoms with E-state index in [0.29, 0.717) is 24.6 Å². The van der Waals surface area contributed by atoms with Crippen molar-refractivity contribution in [3.8, 4) is 0 Å². The van der Waals surface area contributed by atoms with E-state index in [1.807, 2.05) is 0 Å². The van der Waals surface area contributed by atoms with Gasteiger partial charge in [-0.15, -0.1) is 0 Å². The summed E-state index contributed by atoms with van der Waals surface area (Å²) in [6.07, 6.45) is 5.30. The van der Waals surface area contributed by atoms with Gasteiger partial charge < -0.3 is 9.64 Å². The van der Waals surface area contributed by atoms with E-state index in [4.69, 9.17) is 4.74 Å². The van der Waals surface area contributed by atoms with Gasteiger partial charge in [-0.05, 0) is 32.1 Å². The highest BCUT2D eigenvalue weighted by atomic mass is 16.5.